The van der Waals surface area contributed by atoms with Crippen LogP contribution in [-0.4, -0.2) is 46.0 Å². The molecule has 108 valence electrons. The van der Waals surface area contributed by atoms with Crippen molar-refractivity contribution in [3.63, 3.8) is 0 Å². The number of hydrogen-bond acceptors (Lipinski definition) is 3. The fraction of sp³-hybridized carbons (Fsp3) is 0.857. The second-order valence-electron chi connectivity index (χ2n) is 5.98. The minimum Gasteiger partial charge on any atom is -0.481 e. The Kier molecular flexibility index (Phi) is 4.76. The standard InChI is InChI=1S/C14H23NO3S/c1-9(2)12-8-15(5-6-19-12)13(16)10-3-4-11(7-10)14(17)18/h9-12H,3-8H2,1-2H3,(H,17,18)/t10-,11+,12?/m1/s1. The number of hydrogen-bond donors (Lipinski definition) is 1. The summed E-state index contributed by atoms with van der Waals surface area (Å²) in [4.78, 5) is 25.4. The number of carboxylic acids is 1. The number of carboxylic acid groups (broad SMARTS) is 1. The van der Waals surface area contributed by atoms with Crippen molar-refractivity contribution in [1.82, 2.24) is 4.90 Å². The molecule has 1 amide bonds. The number of thioether (sulfide) groups is 1. The average Bonchev–Trinajstić information content (AvgIpc) is 2.87. The van der Waals surface area contributed by atoms with Gasteiger partial charge in [-0.2, -0.15) is 11.8 Å². The summed E-state index contributed by atoms with van der Waals surface area (Å²) in [5, 5.41) is 9.53. The Labute approximate surface area is 118 Å². The molecule has 1 saturated carbocycles. The monoisotopic (exact) mass is 285 g/mol. The lowest BCUT2D eigenvalue weighted by Crippen LogP contribution is -2.45. The lowest BCUT2D eigenvalue weighted by molar-refractivity contribution is -0.141. The minimum absolute atomic E-state index is 0.0583. The van der Waals surface area contributed by atoms with Crippen LogP contribution in [0.15, 0.2) is 0 Å². The molecule has 1 heterocycles. The van der Waals surface area contributed by atoms with E-state index in [2.05, 4.69) is 13.8 Å². The summed E-state index contributed by atoms with van der Waals surface area (Å²) in [6.45, 7) is 6.04. The smallest absolute Gasteiger partial charge is 0.306 e. The van der Waals surface area contributed by atoms with Gasteiger partial charge in [-0.25, -0.2) is 0 Å². The highest BCUT2D eigenvalue weighted by atomic mass is 32.2. The molecule has 3 atom stereocenters. The molecule has 1 aliphatic heterocycles. The lowest BCUT2D eigenvalue weighted by Gasteiger charge is -2.35. The topological polar surface area (TPSA) is 57.6 Å². The van der Waals surface area contributed by atoms with Gasteiger partial charge in [-0.15, -0.1) is 0 Å². The summed E-state index contributed by atoms with van der Waals surface area (Å²) >= 11 is 1.95. The molecule has 1 saturated heterocycles. The number of carbonyl (C=O) groups excluding carboxylic acids is 1. The van der Waals surface area contributed by atoms with Crippen LogP contribution in [0.1, 0.15) is 33.1 Å². The van der Waals surface area contributed by atoms with Gasteiger partial charge in [0.15, 0.2) is 0 Å². The Morgan fingerprint density at radius 3 is 2.53 bits per heavy atom. The summed E-state index contributed by atoms with van der Waals surface area (Å²) in [5.41, 5.74) is 0. The van der Waals surface area contributed by atoms with Gasteiger partial charge < -0.3 is 10.0 Å². The molecule has 0 bridgehead atoms. The minimum atomic E-state index is -0.746. The molecule has 2 fully saturated rings. The number of carbonyl (C=O) groups is 2. The molecule has 0 aromatic rings. The fourth-order valence-electron chi connectivity index (χ4n) is 2.97. The third kappa shape index (κ3) is 3.44. The van der Waals surface area contributed by atoms with Crippen LogP contribution < -0.4 is 0 Å². The average molecular weight is 285 g/mol. The summed E-state index contributed by atoms with van der Waals surface area (Å²) in [7, 11) is 0. The van der Waals surface area contributed by atoms with Gasteiger partial charge in [-0.3, -0.25) is 9.59 Å². The van der Waals surface area contributed by atoms with Gasteiger partial charge in [0.05, 0.1) is 5.92 Å². The zero-order chi connectivity index (χ0) is 14.0. The van der Waals surface area contributed by atoms with Crippen molar-refractivity contribution in [2.45, 2.75) is 38.4 Å². The van der Waals surface area contributed by atoms with Gasteiger partial charge in [0.25, 0.3) is 0 Å². The second-order valence-corrected chi connectivity index (χ2v) is 7.33. The van der Waals surface area contributed by atoms with Gasteiger partial charge in [0.1, 0.15) is 0 Å². The number of rotatable bonds is 3. The van der Waals surface area contributed by atoms with Crippen molar-refractivity contribution in [2.24, 2.45) is 17.8 Å². The van der Waals surface area contributed by atoms with E-state index in [0.29, 0.717) is 24.0 Å². The summed E-state index contributed by atoms with van der Waals surface area (Å²) in [6.07, 6.45) is 1.93. The summed E-state index contributed by atoms with van der Waals surface area (Å²) in [6, 6.07) is 0. The quantitative estimate of drug-likeness (QED) is 0.862. The van der Waals surface area contributed by atoms with E-state index in [4.69, 9.17) is 5.11 Å². The van der Waals surface area contributed by atoms with Crippen LogP contribution in [0, 0.1) is 17.8 Å². The Hall–Kier alpha value is -0.710. The molecular formula is C14H23NO3S. The molecule has 0 aromatic heterocycles. The first-order valence-electron chi connectivity index (χ1n) is 7.12. The highest BCUT2D eigenvalue weighted by Crippen LogP contribution is 2.34. The van der Waals surface area contributed by atoms with E-state index in [1.165, 1.54) is 0 Å². The van der Waals surface area contributed by atoms with Gasteiger partial charge in [-0.1, -0.05) is 13.8 Å². The Bertz CT molecular complexity index is 359. The van der Waals surface area contributed by atoms with Crippen molar-refractivity contribution >= 4 is 23.6 Å². The van der Waals surface area contributed by atoms with Crippen LogP contribution in [0.3, 0.4) is 0 Å². The van der Waals surface area contributed by atoms with Crippen LogP contribution in [0.5, 0.6) is 0 Å². The van der Waals surface area contributed by atoms with Crippen molar-refractivity contribution in [2.75, 3.05) is 18.8 Å². The molecule has 0 radical (unpaired) electrons. The van der Waals surface area contributed by atoms with Gasteiger partial charge in [-0.05, 0) is 25.2 Å². The largest absolute Gasteiger partial charge is 0.481 e. The highest BCUT2D eigenvalue weighted by molar-refractivity contribution is 8.00. The van der Waals surface area contributed by atoms with Crippen molar-refractivity contribution in [3.8, 4) is 0 Å². The number of nitrogens with zero attached hydrogens (tertiary/aromatic N) is 1. The Balaban J connectivity index is 1.91. The zero-order valence-electron chi connectivity index (χ0n) is 11.7. The molecule has 2 aliphatic rings. The fourth-order valence-corrected chi connectivity index (χ4v) is 4.27. The SMILES string of the molecule is CC(C)C1CN(C(=O)[C@@H]2CC[C@H](C(=O)O)C2)CCS1. The molecule has 2 rings (SSSR count). The number of aliphatic carboxylic acids is 1. The van der Waals surface area contributed by atoms with E-state index < -0.39 is 5.97 Å². The zero-order valence-corrected chi connectivity index (χ0v) is 12.5. The molecule has 1 aliphatic carbocycles. The first-order valence-corrected chi connectivity index (χ1v) is 8.17. The molecule has 4 nitrogen and oxygen atoms in total. The van der Waals surface area contributed by atoms with E-state index in [1.54, 1.807) is 0 Å². The van der Waals surface area contributed by atoms with Crippen LogP contribution in [0.2, 0.25) is 0 Å². The highest BCUT2D eigenvalue weighted by Gasteiger charge is 2.37. The van der Waals surface area contributed by atoms with E-state index in [9.17, 15) is 9.59 Å². The van der Waals surface area contributed by atoms with Gasteiger partial charge in [0.2, 0.25) is 5.91 Å². The molecule has 0 aromatic carbocycles. The van der Waals surface area contributed by atoms with Crippen LogP contribution in [0.4, 0.5) is 0 Å². The molecule has 19 heavy (non-hydrogen) atoms. The predicted octanol–water partition coefficient (Wildman–Crippen LogP) is 2.09. The Morgan fingerprint density at radius 2 is 1.95 bits per heavy atom. The van der Waals surface area contributed by atoms with Gasteiger partial charge >= 0.3 is 5.97 Å². The maximum absolute atomic E-state index is 12.5. The molecular weight excluding hydrogens is 262 g/mol. The Morgan fingerprint density at radius 1 is 1.26 bits per heavy atom. The van der Waals surface area contributed by atoms with E-state index >= 15 is 0 Å². The third-order valence-corrected chi connectivity index (χ3v) is 5.82. The summed E-state index contributed by atoms with van der Waals surface area (Å²) in [5.74, 6) is 0.658. The van der Waals surface area contributed by atoms with Crippen LogP contribution >= 0.6 is 11.8 Å². The summed E-state index contributed by atoms with van der Waals surface area (Å²) < 4.78 is 0. The molecule has 1 unspecified atom stereocenters. The van der Waals surface area contributed by atoms with E-state index in [0.717, 1.165) is 25.3 Å². The van der Waals surface area contributed by atoms with Crippen molar-refractivity contribution < 1.29 is 14.7 Å². The molecule has 5 heteroatoms. The normalized spacial score (nSPS) is 31.7. The van der Waals surface area contributed by atoms with Crippen LogP contribution in [0.25, 0.3) is 0 Å². The second kappa shape index (κ2) is 6.16. The lowest BCUT2D eigenvalue weighted by atomic mass is 10.0. The van der Waals surface area contributed by atoms with Crippen molar-refractivity contribution in [1.29, 1.82) is 0 Å². The van der Waals surface area contributed by atoms with E-state index in [1.807, 2.05) is 16.7 Å². The number of amides is 1. The first kappa shape index (κ1) is 14.7. The third-order valence-electron chi connectivity index (χ3n) is 4.28. The predicted molar refractivity (Wildman–Crippen MR) is 76.1 cm³/mol. The van der Waals surface area contributed by atoms with Crippen LogP contribution in [-0.2, 0) is 9.59 Å². The first-order chi connectivity index (χ1) is 8.99. The molecule has 1 N–H and O–H groups in total. The maximum atomic E-state index is 12.5. The van der Waals surface area contributed by atoms with Crippen molar-refractivity contribution in [3.05, 3.63) is 0 Å². The van der Waals surface area contributed by atoms with E-state index in [-0.39, 0.29) is 17.7 Å². The maximum Gasteiger partial charge on any atom is 0.306 e. The molecule has 0 spiro atoms. The van der Waals surface area contributed by atoms with Gasteiger partial charge in [0, 0.05) is 30.0 Å².